The second-order valence-electron chi connectivity index (χ2n) is 8.22. The Kier molecular flexibility index (Phi) is 13.0. The van der Waals surface area contributed by atoms with Gasteiger partial charge in [-0.25, -0.2) is 5.06 Å². The highest BCUT2D eigenvalue weighted by Gasteiger charge is 2.10. The first-order chi connectivity index (χ1) is 14.8. The Hall–Kier alpha value is -1.84. The van der Waals surface area contributed by atoms with Gasteiger partial charge in [0.1, 0.15) is 0 Å². The molecule has 30 heavy (non-hydrogen) atoms. The van der Waals surface area contributed by atoms with Gasteiger partial charge in [-0.3, -0.25) is 4.84 Å². The number of rotatable bonds is 17. The van der Waals surface area contributed by atoms with Crippen LogP contribution in [0.3, 0.4) is 0 Å². The second-order valence-corrected chi connectivity index (χ2v) is 8.22. The molecule has 0 radical (unpaired) electrons. The Morgan fingerprint density at radius 3 is 1.67 bits per heavy atom. The second kappa shape index (κ2) is 15.9. The number of unbranched alkanes of at least 4 members (excludes halogenated alkanes) is 11. The fourth-order valence-corrected chi connectivity index (χ4v) is 3.73. The fraction of sp³-hybridized carbons (Fsp3) is 0.556. The summed E-state index contributed by atoms with van der Waals surface area (Å²) in [6.45, 7) is 3.58. The Bertz CT molecular complexity index is 642. The summed E-state index contributed by atoms with van der Waals surface area (Å²) >= 11 is 0. The molecule has 2 N–H and O–H groups in total. The van der Waals surface area contributed by atoms with Crippen LogP contribution >= 0.6 is 0 Å². The highest BCUT2D eigenvalue weighted by Crippen LogP contribution is 2.26. The van der Waals surface area contributed by atoms with E-state index in [-0.39, 0.29) is 0 Å². The van der Waals surface area contributed by atoms with E-state index in [0.717, 1.165) is 30.0 Å². The molecule has 0 heterocycles. The zero-order valence-electron chi connectivity index (χ0n) is 19.0. The van der Waals surface area contributed by atoms with Gasteiger partial charge in [0.25, 0.3) is 0 Å². The summed E-state index contributed by atoms with van der Waals surface area (Å²) in [7, 11) is 0. The van der Waals surface area contributed by atoms with Gasteiger partial charge in [-0.1, -0.05) is 108 Å². The number of anilines is 2. The van der Waals surface area contributed by atoms with Crippen molar-refractivity contribution in [2.24, 2.45) is 5.73 Å². The molecular weight excluding hydrogens is 368 g/mol. The van der Waals surface area contributed by atoms with Gasteiger partial charge in [0.2, 0.25) is 0 Å². The average Bonchev–Trinajstić information content (AvgIpc) is 2.80. The zero-order chi connectivity index (χ0) is 21.3. The molecule has 2 rings (SSSR count). The van der Waals surface area contributed by atoms with Gasteiger partial charge >= 0.3 is 0 Å². The van der Waals surface area contributed by atoms with Crippen molar-refractivity contribution in [2.45, 2.75) is 90.5 Å². The minimum atomic E-state index is 0.561. The lowest BCUT2D eigenvalue weighted by Crippen LogP contribution is -2.18. The molecule has 0 saturated heterocycles. The van der Waals surface area contributed by atoms with E-state index in [0.29, 0.717) is 6.54 Å². The minimum absolute atomic E-state index is 0.561. The van der Waals surface area contributed by atoms with Crippen LogP contribution in [0.25, 0.3) is 0 Å². The van der Waals surface area contributed by atoms with Crippen LogP contribution in [0.15, 0.2) is 54.6 Å². The van der Waals surface area contributed by atoms with Gasteiger partial charge in [-0.15, -0.1) is 0 Å². The molecule has 0 spiro atoms. The molecular formula is C27H42N2O. The lowest BCUT2D eigenvalue weighted by atomic mass is 10.1. The van der Waals surface area contributed by atoms with Crippen molar-refractivity contribution in [1.29, 1.82) is 0 Å². The zero-order valence-corrected chi connectivity index (χ0v) is 19.0. The number of nitrogens with zero attached hydrogens (tertiary/aromatic N) is 1. The summed E-state index contributed by atoms with van der Waals surface area (Å²) < 4.78 is 0. The molecule has 0 unspecified atom stereocenters. The summed E-state index contributed by atoms with van der Waals surface area (Å²) in [5, 5.41) is 1.94. The van der Waals surface area contributed by atoms with E-state index in [4.69, 9.17) is 10.6 Å². The third-order valence-corrected chi connectivity index (χ3v) is 5.62. The van der Waals surface area contributed by atoms with Crippen LogP contribution in [0.1, 0.15) is 89.5 Å². The Morgan fingerprint density at radius 2 is 1.13 bits per heavy atom. The van der Waals surface area contributed by atoms with E-state index in [2.05, 4.69) is 43.3 Å². The number of benzene rings is 2. The van der Waals surface area contributed by atoms with Gasteiger partial charge in [0.05, 0.1) is 18.0 Å². The molecule has 2 aromatic carbocycles. The fourth-order valence-electron chi connectivity index (χ4n) is 3.73. The maximum Gasteiger partial charge on any atom is 0.0753 e. The van der Waals surface area contributed by atoms with Crippen LogP contribution < -0.4 is 10.8 Å². The smallest absolute Gasteiger partial charge is 0.0753 e. The van der Waals surface area contributed by atoms with E-state index in [1.54, 1.807) is 0 Å². The van der Waals surface area contributed by atoms with Crippen molar-refractivity contribution in [3.63, 3.8) is 0 Å². The van der Waals surface area contributed by atoms with Gasteiger partial charge in [-0.05, 0) is 36.2 Å². The molecule has 0 aliphatic carbocycles. The highest BCUT2D eigenvalue weighted by molar-refractivity contribution is 5.60. The van der Waals surface area contributed by atoms with Crippen LogP contribution in [-0.2, 0) is 11.4 Å². The van der Waals surface area contributed by atoms with E-state index < -0.39 is 0 Å². The molecule has 0 atom stereocenters. The molecule has 3 heteroatoms. The van der Waals surface area contributed by atoms with Crippen LogP contribution in [0.2, 0.25) is 0 Å². The lowest BCUT2D eigenvalue weighted by molar-refractivity contribution is 0.131. The molecule has 0 amide bonds. The predicted octanol–water partition coefficient (Wildman–Crippen LogP) is 7.92. The maximum absolute atomic E-state index is 6.18. The third-order valence-electron chi connectivity index (χ3n) is 5.62. The van der Waals surface area contributed by atoms with Gasteiger partial charge < -0.3 is 5.73 Å². The van der Waals surface area contributed by atoms with Gasteiger partial charge in [-0.2, -0.15) is 0 Å². The number of hydrogen-bond acceptors (Lipinski definition) is 3. The van der Waals surface area contributed by atoms with Crippen molar-refractivity contribution in [2.75, 3.05) is 11.7 Å². The Labute approximate surface area is 184 Å². The largest absolute Gasteiger partial charge is 0.326 e. The monoisotopic (exact) mass is 410 g/mol. The van der Waals surface area contributed by atoms with Crippen LogP contribution in [0.4, 0.5) is 11.4 Å². The molecule has 0 saturated carbocycles. The first-order valence-electron chi connectivity index (χ1n) is 12.1. The quantitative estimate of drug-likeness (QED) is 0.213. The number of hydrogen-bond donors (Lipinski definition) is 1. The summed E-state index contributed by atoms with van der Waals surface area (Å²) in [6, 6.07) is 18.6. The van der Waals surface area contributed by atoms with Gasteiger partial charge in [0.15, 0.2) is 0 Å². The Morgan fingerprint density at radius 1 is 0.633 bits per heavy atom. The van der Waals surface area contributed by atoms with Crippen molar-refractivity contribution in [3.05, 3.63) is 60.2 Å². The average molecular weight is 411 g/mol. The first-order valence-corrected chi connectivity index (χ1v) is 12.1. The molecule has 2 aromatic rings. The van der Waals surface area contributed by atoms with E-state index in [1.165, 1.54) is 70.6 Å². The van der Waals surface area contributed by atoms with E-state index in [9.17, 15) is 0 Å². The molecule has 3 nitrogen and oxygen atoms in total. The molecule has 0 aromatic heterocycles. The van der Waals surface area contributed by atoms with Crippen LogP contribution in [0.5, 0.6) is 0 Å². The summed E-state index contributed by atoms with van der Waals surface area (Å²) in [5.74, 6) is 0. The summed E-state index contributed by atoms with van der Waals surface area (Å²) in [6.07, 6.45) is 16.3. The van der Waals surface area contributed by atoms with Crippen molar-refractivity contribution in [3.8, 4) is 0 Å². The number of para-hydroxylation sites is 1. The topological polar surface area (TPSA) is 38.5 Å². The summed E-state index contributed by atoms with van der Waals surface area (Å²) in [4.78, 5) is 6.18. The first kappa shape index (κ1) is 24.4. The van der Waals surface area contributed by atoms with E-state index >= 15 is 0 Å². The predicted molar refractivity (Wildman–Crippen MR) is 130 cm³/mol. The van der Waals surface area contributed by atoms with Crippen molar-refractivity contribution < 1.29 is 4.84 Å². The third kappa shape index (κ3) is 9.77. The van der Waals surface area contributed by atoms with Crippen molar-refractivity contribution in [1.82, 2.24) is 0 Å². The molecule has 0 aliphatic heterocycles. The molecule has 0 fully saturated rings. The van der Waals surface area contributed by atoms with Crippen LogP contribution in [0, 0.1) is 0 Å². The number of nitrogens with two attached hydrogens (primary N) is 1. The normalized spacial score (nSPS) is 11.0. The minimum Gasteiger partial charge on any atom is -0.326 e. The molecule has 166 valence electrons. The van der Waals surface area contributed by atoms with Crippen molar-refractivity contribution >= 4 is 11.4 Å². The molecule has 0 bridgehead atoms. The Balaban J connectivity index is 1.63. The van der Waals surface area contributed by atoms with Gasteiger partial charge in [0, 0.05) is 6.54 Å². The summed E-state index contributed by atoms with van der Waals surface area (Å²) in [5.41, 5.74) is 8.96. The highest BCUT2D eigenvalue weighted by atomic mass is 16.7. The lowest BCUT2D eigenvalue weighted by Gasteiger charge is -2.24. The SMILES string of the molecule is CCCCCCCCCCCCCCON(c1ccccc1)c1ccc(CN)cc1. The van der Waals surface area contributed by atoms with E-state index in [1.807, 2.05) is 23.3 Å². The standard InChI is InChI=1S/C27H42N2O/c1-2-3-4-5-6-7-8-9-10-11-12-16-23-30-29(26-17-14-13-15-18-26)27-21-19-25(24-28)20-22-27/h13-15,17-22H,2-12,16,23-24,28H2,1H3. The van der Waals surface area contributed by atoms with Crippen LogP contribution in [-0.4, -0.2) is 6.61 Å². The maximum atomic E-state index is 6.18. The molecule has 0 aliphatic rings.